The summed E-state index contributed by atoms with van der Waals surface area (Å²) in [5, 5.41) is 7.47. The SMILES string of the molecule is CCS(=O)(=O)CCNC(=O)c1cc(C)cc(S(N)(=O)=O)c1. The molecule has 3 N–H and O–H groups in total. The van der Waals surface area contributed by atoms with Gasteiger partial charge in [-0.05, 0) is 30.7 Å². The summed E-state index contributed by atoms with van der Waals surface area (Å²) in [4.78, 5) is 11.8. The molecule has 0 aliphatic heterocycles. The Bertz CT molecular complexity index is 739. The summed E-state index contributed by atoms with van der Waals surface area (Å²) < 4.78 is 45.2. The molecule has 0 saturated carbocycles. The first-order chi connectivity index (χ1) is 9.55. The van der Waals surface area contributed by atoms with Crippen molar-refractivity contribution in [3.05, 3.63) is 29.3 Å². The van der Waals surface area contributed by atoms with Crippen LogP contribution in [0.25, 0.3) is 0 Å². The average Bonchev–Trinajstić information content (AvgIpc) is 2.36. The van der Waals surface area contributed by atoms with E-state index in [1.54, 1.807) is 6.92 Å². The highest BCUT2D eigenvalue weighted by molar-refractivity contribution is 7.91. The number of carbonyl (C=O) groups excluding carboxylic acids is 1. The van der Waals surface area contributed by atoms with Crippen LogP contribution in [0.3, 0.4) is 0 Å². The van der Waals surface area contributed by atoms with Crippen molar-refractivity contribution in [1.82, 2.24) is 5.32 Å². The number of amides is 1. The lowest BCUT2D eigenvalue weighted by molar-refractivity contribution is 0.0956. The maximum Gasteiger partial charge on any atom is 0.251 e. The van der Waals surface area contributed by atoms with Crippen LogP contribution in [-0.4, -0.2) is 40.8 Å². The smallest absolute Gasteiger partial charge is 0.251 e. The molecule has 118 valence electrons. The molecule has 1 aromatic carbocycles. The Hall–Kier alpha value is -1.45. The second kappa shape index (κ2) is 6.54. The van der Waals surface area contributed by atoms with Crippen LogP contribution in [0, 0.1) is 6.92 Å². The van der Waals surface area contributed by atoms with Gasteiger partial charge in [-0.25, -0.2) is 22.0 Å². The Balaban J connectivity index is 2.87. The highest BCUT2D eigenvalue weighted by Gasteiger charge is 2.14. The minimum Gasteiger partial charge on any atom is -0.351 e. The van der Waals surface area contributed by atoms with E-state index in [0.29, 0.717) is 5.56 Å². The number of sulfonamides is 1. The number of hydrogen-bond donors (Lipinski definition) is 2. The Morgan fingerprint density at radius 2 is 1.81 bits per heavy atom. The van der Waals surface area contributed by atoms with Crippen LogP contribution < -0.4 is 10.5 Å². The van der Waals surface area contributed by atoms with E-state index < -0.39 is 25.8 Å². The highest BCUT2D eigenvalue weighted by Crippen LogP contribution is 2.13. The summed E-state index contributed by atoms with van der Waals surface area (Å²) in [7, 11) is -7.07. The maximum atomic E-state index is 11.9. The normalized spacial score (nSPS) is 12.1. The summed E-state index contributed by atoms with van der Waals surface area (Å²) in [6, 6.07) is 4.01. The fraction of sp³-hybridized carbons (Fsp3) is 0.417. The Kier molecular flexibility index (Phi) is 5.48. The van der Waals surface area contributed by atoms with Gasteiger partial charge in [0.15, 0.2) is 9.84 Å². The van der Waals surface area contributed by atoms with Crippen LogP contribution in [0.5, 0.6) is 0 Å². The van der Waals surface area contributed by atoms with Gasteiger partial charge < -0.3 is 5.32 Å². The molecule has 1 rings (SSSR count). The largest absolute Gasteiger partial charge is 0.351 e. The summed E-state index contributed by atoms with van der Waals surface area (Å²) in [5.74, 6) is -0.707. The van der Waals surface area contributed by atoms with Gasteiger partial charge >= 0.3 is 0 Å². The monoisotopic (exact) mass is 334 g/mol. The van der Waals surface area contributed by atoms with Gasteiger partial charge in [-0.15, -0.1) is 0 Å². The van der Waals surface area contributed by atoms with Crippen molar-refractivity contribution < 1.29 is 21.6 Å². The molecule has 7 nitrogen and oxygen atoms in total. The van der Waals surface area contributed by atoms with Gasteiger partial charge in [0.05, 0.1) is 10.6 Å². The molecule has 0 bridgehead atoms. The number of nitrogens with one attached hydrogen (secondary N) is 1. The average molecular weight is 334 g/mol. The molecule has 0 heterocycles. The van der Waals surface area contributed by atoms with Crippen molar-refractivity contribution >= 4 is 25.8 Å². The number of hydrogen-bond acceptors (Lipinski definition) is 5. The minimum absolute atomic E-state index is 0.00286. The predicted molar refractivity (Wildman–Crippen MR) is 79.2 cm³/mol. The van der Waals surface area contributed by atoms with Gasteiger partial charge in [-0.1, -0.05) is 6.92 Å². The van der Waals surface area contributed by atoms with E-state index in [4.69, 9.17) is 5.14 Å². The molecule has 0 atom stereocenters. The predicted octanol–water partition coefficient (Wildman–Crippen LogP) is -0.193. The van der Waals surface area contributed by atoms with Crippen molar-refractivity contribution in [2.45, 2.75) is 18.7 Å². The first-order valence-corrected chi connectivity index (χ1v) is 9.55. The third kappa shape index (κ3) is 5.44. The molecule has 9 heteroatoms. The summed E-state index contributed by atoms with van der Waals surface area (Å²) in [5.41, 5.74) is 0.681. The van der Waals surface area contributed by atoms with Crippen LogP contribution >= 0.6 is 0 Å². The second-order valence-electron chi connectivity index (χ2n) is 4.57. The van der Waals surface area contributed by atoms with E-state index in [1.807, 2.05) is 0 Å². The molecular formula is C12H18N2O5S2. The minimum atomic E-state index is -3.90. The lowest BCUT2D eigenvalue weighted by atomic mass is 10.1. The summed E-state index contributed by atoms with van der Waals surface area (Å²) in [6.45, 7) is 3.12. The quantitative estimate of drug-likeness (QED) is 0.746. The Labute approximate surface area is 124 Å². The molecule has 1 amide bonds. The van der Waals surface area contributed by atoms with Crippen LogP contribution in [0.15, 0.2) is 23.1 Å². The fourth-order valence-electron chi connectivity index (χ4n) is 1.61. The van der Waals surface area contributed by atoms with Gasteiger partial charge in [0.2, 0.25) is 10.0 Å². The molecular weight excluding hydrogens is 316 g/mol. The topological polar surface area (TPSA) is 123 Å². The zero-order valence-electron chi connectivity index (χ0n) is 11.8. The van der Waals surface area contributed by atoms with Gasteiger partial charge in [-0.3, -0.25) is 4.79 Å². The van der Waals surface area contributed by atoms with Crippen molar-refractivity contribution in [1.29, 1.82) is 0 Å². The molecule has 0 aromatic heterocycles. The molecule has 21 heavy (non-hydrogen) atoms. The molecule has 0 saturated heterocycles. The van der Waals surface area contributed by atoms with Crippen LogP contribution in [-0.2, 0) is 19.9 Å². The van der Waals surface area contributed by atoms with E-state index in [-0.39, 0.29) is 28.5 Å². The molecule has 0 aliphatic carbocycles. The zero-order valence-corrected chi connectivity index (χ0v) is 13.4. The molecule has 0 unspecified atom stereocenters. The summed E-state index contributed by atoms with van der Waals surface area (Å²) in [6.07, 6.45) is 0. The van der Waals surface area contributed by atoms with Gasteiger partial charge in [0.1, 0.15) is 0 Å². The third-order valence-corrected chi connectivity index (χ3v) is 5.38. The molecule has 0 fully saturated rings. The van der Waals surface area contributed by atoms with Crippen molar-refractivity contribution in [2.75, 3.05) is 18.1 Å². The Morgan fingerprint density at radius 3 is 2.33 bits per heavy atom. The fourth-order valence-corrected chi connectivity index (χ4v) is 2.95. The number of primary sulfonamides is 1. The number of benzene rings is 1. The number of carbonyl (C=O) groups is 1. The highest BCUT2D eigenvalue weighted by atomic mass is 32.2. The van der Waals surface area contributed by atoms with Gasteiger partial charge in [-0.2, -0.15) is 0 Å². The first kappa shape index (κ1) is 17.6. The van der Waals surface area contributed by atoms with Gasteiger partial charge in [0, 0.05) is 17.9 Å². The van der Waals surface area contributed by atoms with Crippen LogP contribution in [0.1, 0.15) is 22.8 Å². The zero-order chi connectivity index (χ0) is 16.3. The van der Waals surface area contributed by atoms with E-state index in [1.165, 1.54) is 19.1 Å². The molecule has 0 spiro atoms. The number of aryl methyl sites for hydroxylation is 1. The second-order valence-corrected chi connectivity index (χ2v) is 8.61. The van der Waals surface area contributed by atoms with Crippen molar-refractivity contribution in [2.24, 2.45) is 5.14 Å². The van der Waals surface area contributed by atoms with Crippen molar-refractivity contribution in [3.8, 4) is 0 Å². The summed E-state index contributed by atoms with van der Waals surface area (Å²) >= 11 is 0. The van der Waals surface area contributed by atoms with Crippen LogP contribution in [0.2, 0.25) is 0 Å². The van der Waals surface area contributed by atoms with E-state index in [9.17, 15) is 21.6 Å². The van der Waals surface area contributed by atoms with E-state index >= 15 is 0 Å². The van der Waals surface area contributed by atoms with Crippen molar-refractivity contribution in [3.63, 3.8) is 0 Å². The maximum absolute atomic E-state index is 11.9. The molecule has 0 aliphatic rings. The Morgan fingerprint density at radius 1 is 1.19 bits per heavy atom. The number of nitrogens with two attached hydrogens (primary N) is 1. The number of sulfone groups is 1. The third-order valence-electron chi connectivity index (χ3n) is 2.78. The van der Waals surface area contributed by atoms with E-state index in [2.05, 4.69) is 5.32 Å². The first-order valence-electron chi connectivity index (χ1n) is 6.18. The lowest BCUT2D eigenvalue weighted by Crippen LogP contribution is -2.29. The van der Waals surface area contributed by atoms with Gasteiger partial charge in [0.25, 0.3) is 5.91 Å². The van der Waals surface area contributed by atoms with Crippen LogP contribution in [0.4, 0.5) is 0 Å². The molecule has 0 radical (unpaired) electrons. The van der Waals surface area contributed by atoms with E-state index in [0.717, 1.165) is 6.07 Å². The number of rotatable bonds is 6. The molecule has 1 aromatic rings. The standard InChI is InChI=1S/C12H18N2O5S2/c1-3-20(16,17)5-4-14-12(15)10-6-9(2)7-11(8-10)21(13,18)19/h6-8H,3-5H2,1-2H3,(H,14,15)(H2,13,18,19). The lowest BCUT2D eigenvalue weighted by Gasteiger charge is -2.08.